The van der Waals surface area contributed by atoms with E-state index in [0.717, 1.165) is 52.4 Å². The Balaban J connectivity index is 1.61. The number of quaternary nitrogens is 1. The monoisotopic (exact) mass is 388 g/mol. The van der Waals surface area contributed by atoms with Crippen LogP contribution >= 0.6 is 22.9 Å². The minimum atomic E-state index is 0.00930. The molecule has 4 rings (SSSR count). The number of thiophene rings is 1. The summed E-state index contributed by atoms with van der Waals surface area (Å²) in [6.07, 6.45) is 3.22. The molecule has 3 N–H and O–H groups in total. The number of hydrogen-bond acceptors (Lipinski definition) is 3. The zero-order valence-electron chi connectivity index (χ0n) is 15.0. The highest BCUT2D eigenvalue weighted by molar-refractivity contribution is 7.18. The van der Waals surface area contributed by atoms with Gasteiger partial charge in [-0.05, 0) is 43.7 Å². The smallest absolute Gasteiger partial charge is 0.260 e. The predicted octanol–water partition coefficient (Wildman–Crippen LogP) is 3.59. The molecule has 3 aromatic rings. The third-order valence-corrected chi connectivity index (χ3v) is 6.78. The quantitative estimate of drug-likeness (QED) is 0.717. The standard InChI is InChI=1S/C20H22ClN3OS/c1-11-7-8-14-16(9-11)26-20-17(14)19(25)23-18(24-20)12(2)22-10-13-5-3-4-6-15(13)21/h3-6,11-12,22H,7-10H2,1-2H3,(H,23,24,25)/p+1/t11-,12-/m1/s1. The van der Waals surface area contributed by atoms with Crippen LogP contribution in [0, 0.1) is 5.92 Å². The fourth-order valence-electron chi connectivity index (χ4n) is 3.66. The van der Waals surface area contributed by atoms with Gasteiger partial charge in [-0.3, -0.25) is 4.79 Å². The van der Waals surface area contributed by atoms with Crippen molar-refractivity contribution in [2.45, 2.75) is 45.7 Å². The summed E-state index contributed by atoms with van der Waals surface area (Å²) in [5.74, 6) is 1.43. The number of fused-ring (bicyclic) bond motifs is 3. The molecule has 4 nitrogen and oxygen atoms in total. The Kier molecular flexibility index (Phi) is 4.86. The van der Waals surface area contributed by atoms with Crippen molar-refractivity contribution in [1.82, 2.24) is 9.97 Å². The maximum absolute atomic E-state index is 12.7. The third kappa shape index (κ3) is 3.31. The second-order valence-corrected chi connectivity index (χ2v) is 8.79. The van der Waals surface area contributed by atoms with Gasteiger partial charge in [0.25, 0.3) is 5.56 Å². The average Bonchev–Trinajstić information content (AvgIpc) is 2.98. The molecule has 2 aromatic heterocycles. The summed E-state index contributed by atoms with van der Waals surface area (Å²) < 4.78 is 0. The van der Waals surface area contributed by atoms with Crippen molar-refractivity contribution in [3.05, 3.63) is 61.5 Å². The number of nitrogens with one attached hydrogen (secondary N) is 1. The number of halogens is 1. The summed E-state index contributed by atoms with van der Waals surface area (Å²) in [6.45, 7) is 5.10. The van der Waals surface area contributed by atoms with Crippen molar-refractivity contribution in [3.8, 4) is 0 Å². The van der Waals surface area contributed by atoms with E-state index in [0.29, 0.717) is 5.92 Å². The van der Waals surface area contributed by atoms with Gasteiger partial charge in [0.1, 0.15) is 17.4 Å². The van der Waals surface area contributed by atoms with Gasteiger partial charge in [0.2, 0.25) is 0 Å². The Hall–Kier alpha value is -1.69. The van der Waals surface area contributed by atoms with E-state index in [1.807, 2.05) is 24.3 Å². The van der Waals surface area contributed by atoms with Gasteiger partial charge in [-0.2, -0.15) is 0 Å². The Labute approximate surface area is 161 Å². The number of H-pyrrole nitrogens is 1. The average molecular weight is 389 g/mol. The summed E-state index contributed by atoms with van der Waals surface area (Å²) in [7, 11) is 0. The Morgan fingerprint density at radius 3 is 3.04 bits per heavy atom. The van der Waals surface area contributed by atoms with Crippen LogP contribution in [-0.2, 0) is 19.4 Å². The van der Waals surface area contributed by atoms with Gasteiger partial charge in [-0.25, -0.2) is 4.98 Å². The van der Waals surface area contributed by atoms with Crippen LogP contribution in [0.4, 0.5) is 0 Å². The third-order valence-electron chi connectivity index (χ3n) is 5.26. The number of nitrogens with zero attached hydrogens (tertiary/aromatic N) is 1. The molecule has 0 saturated heterocycles. The molecule has 136 valence electrons. The fourth-order valence-corrected chi connectivity index (χ4v) is 5.26. The van der Waals surface area contributed by atoms with Gasteiger partial charge in [0, 0.05) is 15.5 Å². The Morgan fingerprint density at radius 2 is 2.23 bits per heavy atom. The van der Waals surface area contributed by atoms with Crippen LogP contribution in [0.3, 0.4) is 0 Å². The van der Waals surface area contributed by atoms with Crippen LogP contribution in [-0.4, -0.2) is 9.97 Å². The van der Waals surface area contributed by atoms with Crippen molar-refractivity contribution in [2.75, 3.05) is 0 Å². The molecule has 0 aliphatic heterocycles. The number of nitrogens with two attached hydrogens (primary N) is 1. The molecular formula is C20H23ClN3OS+. The molecule has 0 fully saturated rings. The SMILES string of the molecule is C[C@@H]1CCc2c(sc3nc([C@@H](C)[NH2+]Cc4ccccc4Cl)[nH]c(=O)c23)C1. The van der Waals surface area contributed by atoms with Crippen molar-refractivity contribution in [2.24, 2.45) is 5.92 Å². The van der Waals surface area contributed by atoms with E-state index in [1.165, 1.54) is 10.4 Å². The molecule has 0 amide bonds. The molecule has 0 bridgehead atoms. The topological polar surface area (TPSA) is 62.4 Å². The van der Waals surface area contributed by atoms with Crippen molar-refractivity contribution in [3.63, 3.8) is 0 Å². The van der Waals surface area contributed by atoms with Gasteiger partial charge >= 0.3 is 0 Å². The highest BCUT2D eigenvalue weighted by Crippen LogP contribution is 2.35. The zero-order chi connectivity index (χ0) is 18.3. The van der Waals surface area contributed by atoms with E-state index < -0.39 is 0 Å². The summed E-state index contributed by atoms with van der Waals surface area (Å²) in [5, 5.41) is 3.74. The van der Waals surface area contributed by atoms with Crippen LogP contribution in [0.15, 0.2) is 29.1 Å². The molecule has 0 saturated carbocycles. The molecule has 0 spiro atoms. The summed E-state index contributed by atoms with van der Waals surface area (Å²) in [6, 6.07) is 7.91. The van der Waals surface area contributed by atoms with Gasteiger partial charge in [-0.15, -0.1) is 11.3 Å². The van der Waals surface area contributed by atoms with Crippen LogP contribution in [0.2, 0.25) is 5.02 Å². The maximum atomic E-state index is 12.7. The summed E-state index contributed by atoms with van der Waals surface area (Å²) in [4.78, 5) is 22.8. The van der Waals surface area contributed by atoms with E-state index >= 15 is 0 Å². The molecule has 6 heteroatoms. The van der Waals surface area contributed by atoms with Crippen LogP contribution < -0.4 is 10.9 Å². The molecule has 1 aromatic carbocycles. The largest absolute Gasteiger partial charge is 0.334 e. The van der Waals surface area contributed by atoms with Gasteiger partial charge in [0.05, 0.1) is 5.39 Å². The predicted molar refractivity (Wildman–Crippen MR) is 107 cm³/mol. The lowest BCUT2D eigenvalue weighted by Gasteiger charge is -2.17. The minimum Gasteiger partial charge on any atom is -0.334 e. The van der Waals surface area contributed by atoms with Crippen LogP contribution in [0.5, 0.6) is 0 Å². The van der Waals surface area contributed by atoms with Gasteiger partial charge < -0.3 is 10.3 Å². The number of aryl methyl sites for hydroxylation is 1. The lowest BCUT2D eigenvalue weighted by Crippen LogP contribution is -2.83. The van der Waals surface area contributed by atoms with Gasteiger partial charge in [-0.1, -0.05) is 36.7 Å². The first-order valence-corrected chi connectivity index (χ1v) is 10.3. The second-order valence-electron chi connectivity index (χ2n) is 7.30. The van der Waals surface area contributed by atoms with E-state index in [2.05, 4.69) is 24.1 Å². The number of rotatable bonds is 4. The molecule has 1 aliphatic rings. The number of hydrogen-bond donors (Lipinski definition) is 2. The number of aromatic amines is 1. The zero-order valence-corrected chi connectivity index (χ0v) is 16.6. The van der Waals surface area contributed by atoms with E-state index in [4.69, 9.17) is 16.6 Å². The summed E-state index contributed by atoms with van der Waals surface area (Å²) >= 11 is 7.94. The molecule has 2 heterocycles. The first kappa shape index (κ1) is 17.7. The Morgan fingerprint density at radius 1 is 1.42 bits per heavy atom. The normalized spacial score (nSPS) is 18.0. The first-order valence-electron chi connectivity index (χ1n) is 9.14. The highest BCUT2D eigenvalue weighted by Gasteiger charge is 2.24. The molecule has 26 heavy (non-hydrogen) atoms. The lowest BCUT2D eigenvalue weighted by atomic mass is 9.89. The van der Waals surface area contributed by atoms with E-state index in [-0.39, 0.29) is 11.6 Å². The molecule has 1 aliphatic carbocycles. The molecular weight excluding hydrogens is 366 g/mol. The fraction of sp³-hybridized carbons (Fsp3) is 0.400. The number of benzene rings is 1. The van der Waals surface area contributed by atoms with E-state index in [1.54, 1.807) is 11.3 Å². The van der Waals surface area contributed by atoms with Crippen LogP contribution in [0.1, 0.15) is 48.1 Å². The lowest BCUT2D eigenvalue weighted by molar-refractivity contribution is -0.709. The molecule has 0 radical (unpaired) electrons. The number of aromatic nitrogens is 2. The summed E-state index contributed by atoms with van der Waals surface area (Å²) in [5.41, 5.74) is 2.33. The van der Waals surface area contributed by atoms with E-state index in [9.17, 15) is 4.79 Å². The van der Waals surface area contributed by atoms with Crippen LogP contribution in [0.25, 0.3) is 10.2 Å². The van der Waals surface area contributed by atoms with Crippen molar-refractivity contribution in [1.29, 1.82) is 0 Å². The van der Waals surface area contributed by atoms with Crippen molar-refractivity contribution < 1.29 is 5.32 Å². The maximum Gasteiger partial charge on any atom is 0.260 e. The van der Waals surface area contributed by atoms with Crippen molar-refractivity contribution >= 4 is 33.2 Å². The highest BCUT2D eigenvalue weighted by atomic mass is 35.5. The second kappa shape index (κ2) is 7.14. The van der Waals surface area contributed by atoms with Gasteiger partial charge in [0.15, 0.2) is 5.82 Å². The minimum absolute atomic E-state index is 0.00930. The molecule has 2 atom stereocenters. The first-order chi connectivity index (χ1) is 12.5. The molecule has 0 unspecified atom stereocenters. The Bertz CT molecular complexity index is 1010.